The lowest BCUT2D eigenvalue weighted by Crippen LogP contribution is -2.46. The highest BCUT2D eigenvalue weighted by Crippen LogP contribution is 2.32. The zero-order chi connectivity index (χ0) is 23.4. The van der Waals surface area contributed by atoms with Crippen molar-refractivity contribution in [1.82, 2.24) is 19.8 Å². The summed E-state index contributed by atoms with van der Waals surface area (Å²) in [5.74, 6) is 0.474. The molecule has 1 atom stereocenters. The maximum Gasteiger partial charge on any atom is 0.259 e. The number of likely N-dealkylation sites (tertiary alicyclic amines) is 2. The number of piperidine rings is 2. The SMILES string of the molecule is CC(=O)N1CCC(C(=O)N2CCCCC2c2ncc(C(=O)Nc3ccccc3)c(C)n2)CC1. The van der Waals surface area contributed by atoms with E-state index < -0.39 is 0 Å². The van der Waals surface area contributed by atoms with Gasteiger partial charge >= 0.3 is 0 Å². The van der Waals surface area contributed by atoms with Crippen LogP contribution in [0.5, 0.6) is 0 Å². The van der Waals surface area contributed by atoms with Gasteiger partial charge < -0.3 is 15.1 Å². The molecule has 0 spiro atoms. The second kappa shape index (κ2) is 10.1. The highest BCUT2D eigenvalue weighted by atomic mass is 16.2. The lowest BCUT2D eigenvalue weighted by atomic mass is 9.92. The second-order valence-electron chi connectivity index (χ2n) is 8.87. The molecule has 2 aliphatic rings. The number of hydrogen-bond donors (Lipinski definition) is 1. The zero-order valence-corrected chi connectivity index (χ0v) is 19.3. The normalized spacial score (nSPS) is 19.3. The summed E-state index contributed by atoms with van der Waals surface area (Å²) in [4.78, 5) is 50.6. The molecule has 174 valence electrons. The van der Waals surface area contributed by atoms with Crippen molar-refractivity contribution in [2.24, 2.45) is 5.92 Å². The smallest absolute Gasteiger partial charge is 0.259 e. The number of para-hydroxylation sites is 1. The van der Waals surface area contributed by atoms with Crippen LogP contribution >= 0.6 is 0 Å². The van der Waals surface area contributed by atoms with Crippen LogP contribution in [-0.2, 0) is 9.59 Å². The first-order valence-electron chi connectivity index (χ1n) is 11.7. The van der Waals surface area contributed by atoms with Gasteiger partial charge in [0.25, 0.3) is 5.91 Å². The molecule has 8 nitrogen and oxygen atoms in total. The van der Waals surface area contributed by atoms with Crippen LogP contribution < -0.4 is 5.32 Å². The highest BCUT2D eigenvalue weighted by molar-refractivity contribution is 6.04. The number of nitrogens with zero attached hydrogens (tertiary/aromatic N) is 4. The van der Waals surface area contributed by atoms with Gasteiger partial charge in [-0.05, 0) is 51.2 Å². The number of aromatic nitrogens is 2. The molecule has 8 heteroatoms. The lowest BCUT2D eigenvalue weighted by molar-refractivity contribution is -0.143. The van der Waals surface area contributed by atoms with Crippen LogP contribution in [0.25, 0.3) is 0 Å². The summed E-state index contributed by atoms with van der Waals surface area (Å²) in [7, 11) is 0. The van der Waals surface area contributed by atoms with Crippen molar-refractivity contribution in [3.05, 3.63) is 53.6 Å². The van der Waals surface area contributed by atoms with Crippen molar-refractivity contribution in [3.8, 4) is 0 Å². The molecule has 2 fully saturated rings. The fraction of sp³-hybridized carbons (Fsp3) is 0.480. The molecule has 0 saturated carbocycles. The van der Waals surface area contributed by atoms with Crippen LogP contribution in [0.15, 0.2) is 36.5 Å². The summed E-state index contributed by atoms with van der Waals surface area (Å²) < 4.78 is 0. The van der Waals surface area contributed by atoms with Gasteiger partial charge in [0, 0.05) is 44.4 Å². The van der Waals surface area contributed by atoms with Crippen molar-refractivity contribution in [1.29, 1.82) is 0 Å². The summed E-state index contributed by atoms with van der Waals surface area (Å²) in [6.45, 7) is 5.33. The molecule has 1 unspecified atom stereocenters. The maximum absolute atomic E-state index is 13.4. The average molecular weight is 450 g/mol. The van der Waals surface area contributed by atoms with E-state index in [1.807, 2.05) is 40.1 Å². The Morgan fingerprint density at radius 2 is 1.73 bits per heavy atom. The third kappa shape index (κ3) is 5.21. The Bertz CT molecular complexity index is 1020. The Morgan fingerprint density at radius 3 is 2.39 bits per heavy atom. The van der Waals surface area contributed by atoms with Crippen LogP contribution in [0.3, 0.4) is 0 Å². The molecule has 3 amide bonds. The Morgan fingerprint density at radius 1 is 1.00 bits per heavy atom. The summed E-state index contributed by atoms with van der Waals surface area (Å²) in [6.07, 6.45) is 5.74. The van der Waals surface area contributed by atoms with E-state index in [-0.39, 0.29) is 29.7 Å². The van der Waals surface area contributed by atoms with Crippen LogP contribution in [0.2, 0.25) is 0 Å². The molecule has 2 saturated heterocycles. The van der Waals surface area contributed by atoms with Gasteiger partial charge in [0.1, 0.15) is 0 Å². The molecule has 1 N–H and O–H groups in total. The molecule has 2 aliphatic heterocycles. The van der Waals surface area contributed by atoms with Gasteiger partial charge in [-0.1, -0.05) is 18.2 Å². The number of aryl methyl sites for hydroxylation is 1. The first-order valence-corrected chi connectivity index (χ1v) is 11.7. The number of nitrogens with one attached hydrogen (secondary N) is 1. The van der Waals surface area contributed by atoms with E-state index >= 15 is 0 Å². The van der Waals surface area contributed by atoms with Crippen molar-refractivity contribution in [3.63, 3.8) is 0 Å². The van der Waals surface area contributed by atoms with E-state index in [0.717, 1.165) is 19.3 Å². The summed E-state index contributed by atoms with van der Waals surface area (Å²) in [6, 6.07) is 9.09. The van der Waals surface area contributed by atoms with Crippen LogP contribution in [-0.4, -0.2) is 57.1 Å². The van der Waals surface area contributed by atoms with Crippen LogP contribution in [0.4, 0.5) is 5.69 Å². The molecule has 0 aliphatic carbocycles. The average Bonchev–Trinajstić information content (AvgIpc) is 2.84. The molecule has 4 rings (SSSR count). The van der Waals surface area contributed by atoms with Gasteiger partial charge in [-0.15, -0.1) is 0 Å². The topological polar surface area (TPSA) is 95.5 Å². The second-order valence-corrected chi connectivity index (χ2v) is 8.87. The monoisotopic (exact) mass is 449 g/mol. The molecular formula is C25H31N5O3. The van der Waals surface area contributed by atoms with E-state index in [4.69, 9.17) is 0 Å². The van der Waals surface area contributed by atoms with Crippen LogP contribution in [0, 0.1) is 12.8 Å². The van der Waals surface area contributed by atoms with E-state index in [1.54, 1.807) is 20.0 Å². The molecule has 33 heavy (non-hydrogen) atoms. The van der Waals surface area contributed by atoms with Gasteiger partial charge in [-0.25, -0.2) is 9.97 Å². The Hall–Kier alpha value is -3.29. The fourth-order valence-electron chi connectivity index (χ4n) is 4.73. The molecule has 0 bridgehead atoms. The van der Waals surface area contributed by atoms with E-state index in [1.165, 1.54) is 0 Å². The number of amides is 3. The standard InChI is InChI=1S/C25H31N5O3/c1-17-21(24(32)28-20-8-4-3-5-9-20)16-26-23(27-17)22-10-6-7-13-30(22)25(33)19-11-14-29(15-12-19)18(2)31/h3-5,8-9,16,19,22H,6-7,10-15H2,1-2H3,(H,28,32). The molecule has 1 aromatic carbocycles. The first-order chi connectivity index (χ1) is 15.9. The van der Waals surface area contributed by atoms with Gasteiger partial charge in [-0.3, -0.25) is 14.4 Å². The maximum atomic E-state index is 13.4. The minimum absolute atomic E-state index is 0.0667. The molecule has 1 aromatic heterocycles. The lowest BCUT2D eigenvalue weighted by Gasteiger charge is -2.39. The third-order valence-corrected chi connectivity index (χ3v) is 6.65. The van der Waals surface area contributed by atoms with Crippen molar-refractivity contribution < 1.29 is 14.4 Å². The zero-order valence-electron chi connectivity index (χ0n) is 19.3. The number of anilines is 1. The minimum atomic E-state index is -0.251. The van der Waals surface area contributed by atoms with Crippen molar-refractivity contribution >= 4 is 23.4 Å². The quantitative estimate of drug-likeness (QED) is 0.772. The predicted molar refractivity (Wildman–Crippen MR) is 124 cm³/mol. The fourth-order valence-corrected chi connectivity index (χ4v) is 4.73. The third-order valence-electron chi connectivity index (χ3n) is 6.65. The Labute approximate surface area is 194 Å². The number of rotatable bonds is 4. The Balaban J connectivity index is 1.47. The summed E-state index contributed by atoms with van der Waals surface area (Å²) in [5, 5.41) is 2.87. The number of carbonyl (C=O) groups is 3. The first kappa shape index (κ1) is 22.9. The number of carbonyl (C=O) groups excluding carboxylic acids is 3. The van der Waals surface area contributed by atoms with Crippen molar-refractivity contribution in [2.45, 2.75) is 52.0 Å². The molecule has 0 radical (unpaired) electrons. The summed E-state index contributed by atoms with van der Waals surface area (Å²) in [5.41, 5.74) is 1.74. The molecule has 3 heterocycles. The predicted octanol–water partition coefficient (Wildman–Crippen LogP) is 3.35. The van der Waals surface area contributed by atoms with Gasteiger partial charge in [0.2, 0.25) is 11.8 Å². The largest absolute Gasteiger partial charge is 0.343 e. The van der Waals surface area contributed by atoms with E-state index in [9.17, 15) is 14.4 Å². The van der Waals surface area contributed by atoms with E-state index in [0.29, 0.717) is 55.2 Å². The Kier molecular flexibility index (Phi) is 7.01. The van der Waals surface area contributed by atoms with Gasteiger partial charge in [0.05, 0.1) is 17.3 Å². The minimum Gasteiger partial charge on any atom is -0.343 e. The molecular weight excluding hydrogens is 418 g/mol. The number of hydrogen-bond acceptors (Lipinski definition) is 5. The van der Waals surface area contributed by atoms with Crippen LogP contribution in [0.1, 0.15) is 66.9 Å². The number of benzene rings is 1. The van der Waals surface area contributed by atoms with Gasteiger partial charge in [-0.2, -0.15) is 0 Å². The highest BCUT2D eigenvalue weighted by Gasteiger charge is 2.35. The van der Waals surface area contributed by atoms with Crippen molar-refractivity contribution in [2.75, 3.05) is 25.0 Å². The van der Waals surface area contributed by atoms with E-state index in [2.05, 4.69) is 15.3 Å². The molecule has 2 aromatic rings. The summed E-state index contributed by atoms with van der Waals surface area (Å²) >= 11 is 0. The van der Waals surface area contributed by atoms with Gasteiger partial charge in [0.15, 0.2) is 5.82 Å².